The Hall–Kier alpha value is -5.57. The van der Waals surface area contributed by atoms with Crippen molar-refractivity contribution < 1.29 is 0 Å². The Kier molecular flexibility index (Phi) is 5.58. The average Bonchev–Trinajstić information content (AvgIpc) is 3.44. The minimum atomic E-state index is 1.17. The summed E-state index contributed by atoms with van der Waals surface area (Å²) in [5.74, 6) is 0. The first-order valence-corrected chi connectivity index (χ1v) is 16.6. The summed E-state index contributed by atoms with van der Waals surface area (Å²) in [6.07, 6.45) is 0. The van der Waals surface area contributed by atoms with E-state index in [0.29, 0.717) is 0 Å². The topological polar surface area (TPSA) is 4.93 Å². The largest absolute Gasteiger partial charge is 0.309 e. The summed E-state index contributed by atoms with van der Waals surface area (Å²) >= 11 is 1.88. The number of nitrogens with zero attached hydrogens (tertiary/aromatic N) is 1. The quantitative estimate of drug-likeness (QED) is 0.195. The normalized spacial score (nSPS) is 12.3. The van der Waals surface area contributed by atoms with Gasteiger partial charge in [-0.1, -0.05) is 127 Å². The Morgan fingerprint density at radius 1 is 0.370 bits per heavy atom. The van der Waals surface area contributed by atoms with Crippen LogP contribution in [0.4, 0.5) is 0 Å². The Bertz CT molecular complexity index is 2670. The molecule has 0 amide bonds. The van der Waals surface area contributed by atoms with Crippen LogP contribution in [-0.4, -0.2) is 4.57 Å². The van der Waals surface area contributed by atoms with Crippen molar-refractivity contribution in [2.75, 3.05) is 0 Å². The summed E-state index contributed by atoms with van der Waals surface area (Å²) in [4.78, 5) is 2.65. The molecule has 8 aromatic carbocycles. The third kappa shape index (κ3) is 3.84. The minimum Gasteiger partial charge on any atom is -0.309 e. The van der Waals surface area contributed by atoms with Gasteiger partial charge in [-0.05, 0) is 98.1 Å². The van der Waals surface area contributed by atoms with Crippen LogP contribution in [0.2, 0.25) is 0 Å². The monoisotopic (exact) mass is 601 g/mol. The summed E-state index contributed by atoms with van der Waals surface area (Å²) in [6.45, 7) is 0. The molecule has 0 radical (unpaired) electrons. The molecule has 1 aliphatic rings. The van der Waals surface area contributed by atoms with Crippen molar-refractivity contribution in [3.63, 3.8) is 0 Å². The van der Waals surface area contributed by atoms with E-state index in [4.69, 9.17) is 0 Å². The summed E-state index contributed by atoms with van der Waals surface area (Å²) in [5, 5.41) is 7.74. The van der Waals surface area contributed by atoms with Crippen molar-refractivity contribution in [1.29, 1.82) is 0 Å². The molecule has 46 heavy (non-hydrogen) atoms. The lowest BCUT2D eigenvalue weighted by atomic mass is 9.91. The van der Waals surface area contributed by atoms with Gasteiger partial charge in [-0.2, -0.15) is 0 Å². The molecule has 0 N–H and O–H groups in total. The lowest BCUT2D eigenvalue weighted by molar-refractivity contribution is 1.18. The predicted octanol–water partition coefficient (Wildman–Crippen LogP) is 12.6. The van der Waals surface area contributed by atoms with Gasteiger partial charge in [0.2, 0.25) is 0 Å². The molecule has 2 heteroatoms. The molecule has 214 valence electrons. The lowest BCUT2D eigenvalue weighted by Crippen LogP contribution is -1.95. The van der Waals surface area contributed by atoms with Crippen molar-refractivity contribution in [2.24, 2.45) is 0 Å². The van der Waals surface area contributed by atoms with E-state index in [1.54, 1.807) is 0 Å². The zero-order valence-electron chi connectivity index (χ0n) is 24.9. The molecule has 0 fully saturated rings. The van der Waals surface area contributed by atoms with Gasteiger partial charge in [0, 0.05) is 31.6 Å². The van der Waals surface area contributed by atoms with Crippen molar-refractivity contribution in [1.82, 2.24) is 4.57 Å². The molecule has 1 nitrogen and oxygen atoms in total. The molecule has 0 unspecified atom stereocenters. The molecule has 10 rings (SSSR count). The Labute approximate surface area is 271 Å². The lowest BCUT2D eigenvalue weighted by Gasteiger charge is -2.21. The van der Waals surface area contributed by atoms with E-state index in [0.717, 1.165) is 0 Å². The van der Waals surface area contributed by atoms with E-state index >= 15 is 0 Å². The third-order valence-corrected chi connectivity index (χ3v) is 10.7. The Balaban J connectivity index is 1.14. The number of aromatic nitrogens is 1. The fourth-order valence-corrected chi connectivity index (χ4v) is 8.59. The van der Waals surface area contributed by atoms with Gasteiger partial charge < -0.3 is 4.57 Å². The fourth-order valence-electron chi connectivity index (χ4n) is 7.46. The van der Waals surface area contributed by atoms with Crippen LogP contribution >= 0.6 is 11.8 Å². The van der Waals surface area contributed by atoms with Crippen LogP contribution in [0.25, 0.3) is 82.4 Å². The first-order chi connectivity index (χ1) is 22.8. The second-order valence-electron chi connectivity index (χ2n) is 12.1. The highest BCUT2D eigenvalue weighted by Gasteiger charge is 2.20. The van der Waals surface area contributed by atoms with Crippen molar-refractivity contribution >= 4 is 55.1 Å². The number of rotatable bonds is 3. The van der Waals surface area contributed by atoms with Gasteiger partial charge in [0.15, 0.2) is 0 Å². The molecule has 0 saturated carbocycles. The van der Waals surface area contributed by atoms with Crippen molar-refractivity contribution in [2.45, 2.75) is 9.79 Å². The molecule has 1 aromatic heterocycles. The van der Waals surface area contributed by atoms with Gasteiger partial charge in [-0.3, -0.25) is 0 Å². The van der Waals surface area contributed by atoms with Crippen LogP contribution in [0.3, 0.4) is 0 Å². The number of hydrogen-bond donors (Lipinski definition) is 0. The summed E-state index contributed by atoms with van der Waals surface area (Å²) < 4.78 is 2.43. The van der Waals surface area contributed by atoms with Crippen LogP contribution in [0.15, 0.2) is 174 Å². The summed E-state index contributed by atoms with van der Waals surface area (Å²) in [6, 6.07) is 60.3. The van der Waals surface area contributed by atoms with E-state index in [9.17, 15) is 0 Å². The number of benzene rings is 8. The Morgan fingerprint density at radius 2 is 1.04 bits per heavy atom. The summed E-state index contributed by atoms with van der Waals surface area (Å²) in [5.41, 5.74) is 11.2. The van der Waals surface area contributed by atoms with E-state index in [2.05, 4.69) is 168 Å². The van der Waals surface area contributed by atoms with Crippen LogP contribution in [0.5, 0.6) is 0 Å². The third-order valence-electron chi connectivity index (χ3n) is 9.55. The number of fused-ring (bicyclic) bond motifs is 6. The van der Waals surface area contributed by atoms with Gasteiger partial charge in [0.1, 0.15) is 0 Å². The maximum Gasteiger partial charge on any atom is 0.0547 e. The van der Waals surface area contributed by atoms with Crippen LogP contribution < -0.4 is 0 Å². The average molecular weight is 602 g/mol. The zero-order valence-corrected chi connectivity index (χ0v) is 25.8. The predicted molar refractivity (Wildman–Crippen MR) is 196 cm³/mol. The first-order valence-electron chi connectivity index (χ1n) is 15.8. The fraction of sp³-hybridized carbons (Fsp3) is 0. The molecule has 1 aliphatic heterocycles. The molecule has 0 atom stereocenters. The van der Waals surface area contributed by atoms with Gasteiger partial charge in [0.25, 0.3) is 0 Å². The summed E-state index contributed by atoms with van der Waals surface area (Å²) in [7, 11) is 0. The van der Waals surface area contributed by atoms with E-state index in [1.165, 1.54) is 92.2 Å². The maximum atomic E-state index is 2.43. The van der Waals surface area contributed by atoms with Gasteiger partial charge >= 0.3 is 0 Å². The molecule has 0 aliphatic carbocycles. The van der Waals surface area contributed by atoms with Crippen LogP contribution in [0, 0.1) is 0 Å². The van der Waals surface area contributed by atoms with Crippen LogP contribution in [0.1, 0.15) is 0 Å². The second-order valence-corrected chi connectivity index (χ2v) is 13.2. The van der Waals surface area contributed by atoms with E-state index in [1.807, 2.05) is 11.8 Å². The van der Waals surface area contributed by atoms with E-state index < -0.39 is 0 Å². The Morgan fingerprint density at radius 3 is 1.91 bits per heavy atom. The molecule has 2 heterocycles. The van der Waals surface area contributed by atoms with E-state index in [-0.39, 0.29) is 0 Å². The standard InChI is InChI=1S/C44H27NS/c1-2-11-30-27-41-38(25-29(30)10-1)36-18-5-6-20-40(36)45(41)33-15-7-14-31(24-33)34-16-3-4-17-35(34)32-22-23-42-39(26-32)37-19-8-12-28-13-9-21-43(46-42)44(28)37/h1-27H. The maximum absolute atomic E-state index is 2.43. The van der Waals surface area contributed by atoms with Gasteiger partial charge in [0.05, 0.1) is 11.0 Å². The molecule has 0 saturated heterocycles. The van der Waals surface area contributed by atoms with Gasteiger partial charge in [-0.25, -0.2) is 0 Å². The molecular weight excluding hydrogens is 575 g/mol. The van der Waals surface area contributed by atoms with Gasteiger partial charge in [-0.15, -0.1) is 0 Å². The number of hydrogen-bond acceptors (Lipinski definition) is 1. The SMILES string of the molecule is c1cc(-c2ccccc2-c2ccc3c(c2)-c2cccc4cccc(c24)S3)cc(-n2c3ccccc3c3cc4ccccc4cc32)c1. The zero-order chi connectivity index (χ0) is 30.2. The van der Waals surface area contributed by atoms with Crippen LogP contribution in [-0.2, 0) is 0 Å². The highest BCUT2D eigenvalue weighted by atomic mass is 32.2. The highest BCUT2D eigenvalue weighted by Crippen LogP contribution is 2.49. The molecular formula is C44H27NS. The first kappa shape index (κ1) is 25.7. The second kappa shape index (κ2) is 9.97. The highest BCUT2D eigenvalue weighted by molar-refractivity contribution is 7.99. The molecule has 9 aromatic rings. The van der Waals surface area contributed by atoms with Crippen molar-refractivity contribution in [3.8, 4) is 39.1 Å². The van der Waals surface area contributed by atoms with Crippen molar-refractivity contribution in [3.05, 3.63) is 164 Å². The molecule has 0 bridgehead atoms. The molecule has 0 spiro atoms. The minimum absolute atomic E-state index is 1.17. The number of para-hydroxylation sites is 1. The smallest absolute Gasteiger partial charge is 0.0547 e.